The molecule has 1 aromatic rings. The van der Waals surface area contributed by atoms with Gasteiger partial charge in [0, 0.05) is 12.4 Å². The quantitative estimate of drug-likeness (QED) is 0.822. The smallest absolute Gasteiger partial charge is 0.422 e. The Morgan fingerprint density at radius 1 is 1.18 bits per heavy atom. The molecule has 98 valence electrons. The molecule has 1 heterocycles. The predicted molar refractivity (Wildman–Crippen MR) is 59.0 cm³/mol. The molecule has 6 heteroatoms. The molecule has 0 atom stereocenters. The molecular formula is C11H17F3N2O. The lowest BCUT2D eigenvalue weighted by molar-refractivity contribution is -0.154. The lowest BCUT2D eigenvalue weighted by atomic mass is 10.1. The SMILES string of the molecule is CC.CC(C)c1cnc(OCC(F)(F)F)nc1. The summed E-state index contributed by atoms with van der Waals surface area (Å²) in [6.45, 7) is 6.51. The molecule has 0 unspecified atom stereocenters. The molecule has 0 aliphatic carbocycles. The van der Waals surface area contributed by atoms with E-state index in [2.05, 4.69) is 14.7 Å². The number of halogens is 3. The maximum absolute atomic E-state index is 11.8. The summed E-state index contributed by atoms with van der Waals surface area (Å²) >= 11 is 0. The molecule has 1 rings (SSSR count). The minimum Gasteiger partial charge on any atom is -0.454 e. The summed E-state index contributed by atoms with van der Waals surface area (Å²) in [5.74, 6) is 0.238. The van der Waals surface area contributed by atoms with Crippen LogP contribution in [0.25, 0.3) is 0 Å². The molecule has 0 bridgehead atoms. The van der Waals surface area contributed by atoms with Crippen LogP contribution in [0.15, 0.2) is 12.4 Å². The molecule has 0 saturated carbocycles. The van der Waals surface area contributed by atoms with Gasteiger partial charge in [-0.15, -0.1) is 0 Å². The van der Waals surface area contributed by atoms with Gasteiger partial charge in [-0.1, -0.05) is 27.7 Å². The van der Waals surface area contributed by atoms with Gasteiger partial charge in [0.1, 0.15) is 0 Å². The zero-order chi connectivity index (χ0) is 13.5. The molecule has 3 nitrogen and oxygen atoms in total. The number of nitrogens with zero attached hydrogens (tertiary/aromatic N) is 2. The van der Waals surface area contributed by atoms with Crippen molar-refractivity contribution in [2.75, 3.05) is 6.61 Å². The second kappa shape index (κ2) is 7.09. The number of aromatic nitrogens is 2. The van der Waals surface area contributed by atoms with Gasteiger partial charge in [-0.05, 0) is 11.5 Å². The van der Waals surface area contributed by atoms with E-state index in [1.54, 1.807) is 0 Å². The van der Waals surface area contributed by atoms with E-state index >= 15 is 0 Å². The first kappa shape index (κ1) is 15.7. The maximum Gasteiger partial charge on any atom is 0.422 e. The number of alkyl halides is 3. The minimum absolute atomic E-state index is 0.238. The van der Waals surface area contributed by atoms with Gasteiger partial charge in [-0.25, -0.2) is 9.97 Å². The maximum atomic E-state index is 11.8. The van der Waals surface area contributed by atoms with E-state index in [9.17, 15) is 13.2 Å². The lowest BCUT2D eigenvalue weighted by Crippen LogP contribution is -2.20. The molecule has 1 aromatic heterocycles. The molecule has 0 aliphatic heterocycles. The summed E-state index contributed by atoms with van der Waals surface area (Å²) in [4.78, 5) is 7.34. The summed E-state index contributed by atoms with van der Waals surface area (Å²) in [6, 6.07) is -0.253. The summed E-state index contributed by atoms with van der Waals surface area (Å²) in [5, 5.41) is 0. The van der Waals surface area contributed by atoms with Crippen LogP contribution in [0.3, 0.4) is 0 Å². The van der Waals surface area contributed by atoms with Crippen LogP contribution in [-0.4, -0.2) is 22.8 Å². The van der Waals surface area contributed by atoms with Crippen molar-refractivity contribution >= 4 is 0 Å². The van der Waals surface area contributed by atoms with E-state index in [1.807, 2.05) is 27.7 Å². The van der Waals surface area contributed by atoms with Gasteiger partial charge in [0.05, 0.1) is 0 Å². The van der Waals surface area contributed by atoms with Crippen LogP contribution >= 0.6 is 0 Å². The molecule has 0 aromatic carbocycles. The summed E-state index contributed by atoms with van der Waals surface area (Å²) in [5.41, 5.74) is 0.856. The van der Waals surface area contributed by atoms with Crippen LogP contribution < -0.4 is 4.74 Å². The molecule has 0 radical (unpaired) electrons. The molecular weight excluding hydrogens is 233 g/mol. The normalized spacial score (nSPS) is 10.8. The largest absolute Gasteiger partial charge is 0.454 e. The van der Waals surface area contributed by atoms with E-state index in [1.165, 1.54) is 12.4 Å². The predicted octanol–water partition coefficient (Wildman–Crippen LogP) is 3.57. The van der Waals surface area contributed by atoms with Gasteiger partial charge in [0.2, 0.25) is 0 Å². The fourth-order valence-electron chi connectivity index (χ4n) is 0.845. The standard InChI is InChI=1S/C9H11F3N2O.C2H6/c1-6(2)7-3-13-8(14-4-7)15-5-9(10,11)12;1-2/h3-4,6H,5H2,1-2H3;1-2H3. The lowest BCUT2D eigenvalue weighted by Gasteiger charge is -2.08. The van der Waals surface area contributed by atoms with Crippen LogP contribution in [0, 0.1) is 0 Å². The van der Waals surface area contributed by atoms with Crippen molar-refractivity contribution in [2.24, 2.45) is 0 Å². The summed E-state index contributed by atoms with van der Waals surface area (Å²) in [7, 11) is 0. The third kappa shape index (κ3) is 6.76. The molecule has 17 heavy (non-hydrogen) atoms. The van der Waals surface area contributed by atoms with Gasteiger partial charge < -0.3 is 4.74 Å². The average Bonchev–Trinajstić information content (AvgIpc) is 2.29. The highest BCUT2D eigenvalue weighted by molar-refractivity contribution is 5.11. The molecule has 0 spiro atoms. The van der Waals surface area contributed by atoms with Crippen LogP contribution in [0.1, 0.15) is 39.2 Å². The van der Waals surface area contributed by atoms with Gasteiger partial charge in [-0.3, -0.25) is 0 Å². The van der Waals surface area contributed by atoms with E-state index in [4.69, 9.17) is 0 Å². The number of rotatable bonds is 3. The van der Waals surface area contributed by atoms with Crippen molar-refractivity contribution < 1.29 is 17.9 Å². The fourth-order valence-corrected chi connectivity index (χ4v) is 0.845. The van der Waals surface area contributed by atoms with Crippen LogP contribution in [0.4, 0.5) is 13.2 Å². The van der Waals surface area contributed by atoms with Crippen molar-refractivity contribution in [1.29, 1.82) is 0 Å². The highest BCUT2D eigenvalue weighted by Gasteiger charge is 2.28. The van der Waals surface area contributed by atoms with Crippen molar-refractivity contribution in [3.8, 4) is 6.01 Å². The average molecular weight is 250 g/mol. The van der Waals surface area contributed by atoms with Crippen molar-refractivity contribution in [3.63, 3.8) is 0 Å². The molecule has 0 saturated heterocycles. The van der Waals surface area contributed by atoms with Crippen molar-refractivity contribution in [3.05, 3.63) is 18.0 Å². The Bertz CT molecular complexity index is 309. The Morgan fingerprint density at radius 2 is 1.65 bits per heavy atom. The Morgan fingerprint density at radius 3 is 2.00 bits per heavy atom. The van der Waals surface area contributed by atoms with Crippen LogP contribution in [-0.2, 0) is 0 Å². The highest BCUT2D eigenvalue weighted by Crippen LogP contribution is 2.17. The minimum atomic E-state index is -4.36. The summed E-state index contributed by atoms with van der Waals surface area (Å²) in [6.07, 6.45) is -1.44. The van der Waals surface area contributed by atoms with E-state index < -0.39 is 12.8 Å². The van der Waals surface area contributed by atoms with Gasteiger partial charge in [0.15, 0.2) is 6.61 Å². The molecule has 0 amide bonds. The zero-order valence-electron chi connectivity index (χ0n) is 10.4. The third-order valence-corrected chi connectivity index (χ3v) is 1.68. The first-order valence-electron chi connectivity index (χ1n) is 5.40. The molecule has 0 N–H and O–H groups in total. The Kier molecular flexibility index (Phi) is 6.53. The molecule has 0 fully saturated rings. The third-order valence-electron chi connectivity index (χ3n) is 1.68. The van der Waals surface area contributed by atoms with E-state index in [-0.39, 0.29) is 11.9 Å². The summed E-state index contributed by atoms with van der Waals surface area (Å²) < 4.78 is 39.7. The van der Waals surface area contributed by atoms with Gasteiger partial charge in [0.25, 0.3) is 0 Å². The van der Waals surface area contributed by atoms with Gasteiger partial charge >= 0.3 is 12.2 Å². The Hall–Kier alpha value is -1.33. The number of ether oxygens (including phenoxy) is 1. The van der Waals surface area contributed by atoms with E-state index in [0.29, 0.717) is 0 Å². The second-order valence-corrected chi connectivity index (χ2v) is 3.36. The van der Waals surface area contributed by atoms with Gasteiger partial charge in [-0.2, -0.15) is 13.2 Å². The Labute approximate surface area is 99.0 Å². The fraction of sp³-hybridized carbons (Fsp3) is 0.636. The number of hydrogen-bond donors (Lipinski definition) is 0. The first-order valence-corrected chi connectivity index (χ1v) is 5.40. The van der Waals surface area contributed by atoms with Crippen LogP contribution in [0.5, 0.6) is 6.01 Å². The highest BCUT2D eigenvalue weighted by atomic mass is 19.4. The monoisotopic (exact) mass is 250 g/mol. The second-order valence-electron chi connectivity index (χ2n) is 3.36. The molecule has 0 aliphatic rings. The number of hydrogen-bond acceptors (Lipinski definition) is 3. The van der Waals surface area contributed by atoms with Crippen LogP contribution in [0.2, 0.25) is 0 Å². The first-order chi connectivity index (χ1) is 7.88. The Balaban J connectivity index is 0.00000121. The topological polar surface area (TPSA) is 35.0 Å². The zero-order valence-corrected chi connectivity index (χ0v) is 10.4. The van der Waals surface area contributed by atoms with Crippen molar-refractivity contribution in [1.82, 2.24) is 9.97 Å². The van der Waals surface area contributed by atoms with Crippen molar-refractivity contribution in [2.45, 2.75) is 39.8 Å². The van der Waals surface area contributed by atoms with E-state index in [0.717, 1.165) is 5.56 Å².